The molecule has 1 saturated carbocycles. The van der Waals surface area contributed by atoms with Gasteiger partial charge in [0.05, 0.1) is 22.6 Å². The molecule has 1 N–H and O–H groups in total. The predicted octanol–water partition coefficient (Wildman–Crippen LogP) is 4.87. The Morgan fingerprint density at radius 1 is 1.15 bits per heavy atom. The van der Waals surface area contributed by atoms with Crippen LogP contribution in [-0.4, -0.2) is 29.5 Å². The molecule has 0 atom stereocenters. The van der Waals surface area contributed by atoms with Crippen LogP contribution in [0.1, 0.15) is 42.3 Å². The van der Waals surface area contributed by atoms with Gasteiger partial charge < -0.3 is 5.32 Å². The molecule has 3 aromatic heterocycles. The van der Waals surface area contributed by atoms with Gasteiger partial charge in [-0.1, -0.05) is 6.92 Å². The molecule has 0 bridgehead atoms. The van der Waals surface area contributed by atoms with Crippen LogP contribution in [0.2, 0.25) is 0 Å². The number of aromatic nitrogens is 6. The zero-order valence-corrected chi connectivity index (χ0v) is 19.4. The third-order valence-corrected chi connectivity index (χ3v) is 6.17. The fourth-order valence-electron chi connectivity index (χ4n) is 4.17. The first-order chi connectivity index (χ1) is 16.5. The lowest BCUT2D eigenvalue weighted by atomic mass is 10.1. The zero-order chi connectivity index (χ0) is 23.8. The van der Waals surface area contributed by atoms with E-state index in [-0.39, 0.29) is 5.82 Å². The maximum absolute atomic E-state index is 13.5. The molecule has 0 spiro atoms. The number of halogens is 1. The van der Waals surface area contributed by atoms with Gasteiger partial charge >= 0.3 is 0 Å². The molecule has 0 amide bonds. The number of nitrogens with one attached hydrogen (secondary N) is 1. The van der Waals surface area contributed by atoms with Crippen molar-refractivity contribution in [2.75, 3.05) is 5.32 Å². The summed E-state index contributed by atoms with van der Waals surface area (Å²) in [6.45, 7) is 6.56. The van der Waals surface area contributed by atoms with E-state index in [1.807, 2.05) is 24.6 Å². The van der Waals surface area contributed by atoms with E-state index in [1.54, 1.807) is 16.8 Å². The SMILES string of the molecule is CCc1c(-c2ccc(F)cc2)nn(CC2CC2)c1Nc1cc(-n2nc(C)c(C#N)c2C)ncn1. The highest BCUT2D eigenvalue weighted by Crippen LogP contribution is 2.36. The van der Waals surface area contributed by atoms with E-state index in [9.17, 15) is 9.65 Å². The summed E-state index contributed by atoms with van der Waals surface area (Å²) in [7, 11) is 0. The fraction of sp³-hybridized carbons (Fsp3) is 0.320. The van der Waals surface area contributed by atoms with Gasteiger partial charge in [0.25, 0.3) is 0 Å². The van der Waals surface area contributed by atoms with E-state index >= 15 is 0 Å². The van der Waals surface area contributed by atoms with Crippen molar-refractivity contribution < 1.29 is 4.39 Å². The van der Waals surface area contributed by atoms with Gasteiger partial charge in [0.15, 0.2) is 5.82 Å². The monoisotopic (exact) mass is 456 g/mol. The smallest absolute Gasteiger partial charge is 0.159 e. The van der Waals surface area contributed by atoms with Gasteiger partial charge in [0, 0.05) is 23.7 Å². The summed E-state index contributed by atoms with van der Waals surface area (Å²) < 4.78 is 17.2. The summed E-state index contributed by atoms with van der Waals surface area (Å²) >= 11 is 0. The highest BCUT2D eigenvalue weighted by molar-refractivity contribution is 5.72. The fourth-order valence-corrected chi connectivity index (χ4v) is 4.17. The van der Waals surface area contributed by atoms with Gasteiger partial charge in [-0.25, -0.2) is 23.7 Å². The largest absolute Gasteiger partial charge is 0.325 e. The Morgan fingerprint density at radius 3 is 2.56 bits per heavy atom. The molecule has 34 heavy (non-hydrogen) atoms. The second kappa shape index (κ2) is 8.71. The highest BCUT2D eigenvalue weighted by atomic mass is 19.1. The Balaban J connectivity index is 1.55. The van der Waals surface area contributed by atoms with Gasteiger partial charge in [-0.3, -0.25) is 0 Å². The van der Waals surface area contributed by atoms with E-state index in [0.29, 0.717) is 28.8 Å². The van der Waals surface area contributed by atoms with Gasteiger partial charge in [-0.2, -0.15) is 15.5 Å². The molecule has 0 aliphatic heterocycles. The molecule has 3 heterocycles. The number of benzene rings is 1. The summed E-state index contributed by atoms with van der Waals surface area (Å²) in [5.74, 6) is 2.41. The topological polar surface area (TPSA) is 97.2 Å². The van der Waals surface area contributed by atoms with Crippen LogP contribution in [0.15, 0.2) is 36.7 Å². The van der Waals surface area contributed by atoms with Crippen LogP contribution >= 0.6 is 0 Å². The Labute approximate surface area is 197 Å². The number of anilines is 2. The molecule has 9 heteroatoms. The van der Waals surface area contributed by atoms with E-state index in [2.05, 4.69) is 33.4 Å². The summed E-state index contributed by atoms with van der Waals surface area (Å²) in [5, 5.41) is 22.3. The molecule has 172 valence electrons. The van der Waals surface area contributed by atoms with E-state index in [4.69, 9.17) is 5.10 Å². The van der Waals surface area contributed by atoms with E-state index < -0.39 is 0 Å². The number of hydrogen-bond acceptors (Lipinski definition) is 6. The van der Waals surface area contributed by atoms with Crippen LogP contribution in [0.5, 0.6) is 0 Å². The summed E-state index contributed by atoms with van der Waals surface area (Å²) in [6.07, 6.45) is 4.63. The molecule has 1 aromatic carbocycles. The number of hydrogen-bond donors (Lipinski definition) is 1. The molecular formula is C25H25FN8. The molecule has 5 rings (SSSR count). The van der Waals surface area contributed by atoms with Crippen LogP contribution in [-0.2, 0) is 13.0 Å². The average molecular weight is 457 g/mol. The van der Waals surface area contributed by atoms with Crippen LogP contribution < -0.4 is 5.32 Å². The van der Waals surface area contributed by atoms with Gasteiger partial charge in [-0.15, -0.1) is 0 Å². The molecule has 0 radical (unpaired) electrons. The molecule has 4 aromatic rings. The Kier molecular flexibility index (Phi) is 5.57. The molecule has 0 saturated heterocycles. The van der Waals surface area contributed by atoms with Crippen molar-refractivity contribution >= 4 is 11.6 Å². The standard InChI is InChI=1S/C25H25FN8/c1-4-20-24(18-7-9-19(26)10-8-18)32-33(13-17-5-6-17)25(20)30-22-11-23(29-14-28-22)34-16(3)21(12-27)15(2)31-34/h7-11,14,17H,4-6,13H2,1-3H3,(H,28,29,30). The minimum atomic E-state index is -0.269. The Hall–Kier alpha value is -4.06. The Bertz CT molecular complexity index is 1390. The van der Waals surface area contributed by atoms with Crippen molar-refractivity contribution in [2.24, 2.45) is 5.92 Å². The van der Waals surface area contributed by atoms with Crippen molar-refractivity contribution in [3.8, 4) is 23.1 Å². The summed E-state index contributed by atoms with van der Waals surface area (Å²) in [4.78, 5) is 8.79. The predicted molar refractivity (Wildman–Crippen MR) is 126 cm³/mol. The third kappa shape index (κ3) is 4.03. The van der Waals surface area contributed by atoms with Gasteiger partial charge in [0.2, 0.25) is 0 Å². The van der Waals surface area contributed by atoms with Gasteiger partial charge in [-0.05, 0) is 63.3 Å². The van der Waals surface area contributed by atoms with Crippen molar-refractivity contribution in [1.82, 2.24) is 29.5 Å². The van der Waals surface area contributed by atoms with Crippen LogP contribution in [0.4, 0.5) is 16.0 Å². The zero-order valence-electron chi connectivity index (χ0n) is 19.4. The lowest BCUT2D eigenvalue weighted by Crippen LogP contribution is -2.09. The van der Waals surface area contributed by atoms with Crippen molar-refractivity contribution in [1.29, 1.82) is 5.26 Å². The number of nitrogens with zero attached hydrogens (tertiary/aromatic N) is 7. The minimum Gasteiger partial charge on any atom is -0.325 e. The molecule has 0 unspecified atom stereocenters. The lowest BCUT2D eigenvalue weighted by molar-refractivity contribution is 0.571. The minimum absolute atomic E-state index is 0.269. The average Bonchev–Trinajstić information content (AvgIpc) is 3.52. The quantitative estimate of drug-likeness (QED) is 0.426. The molecule has 1 aliphatic rings. The first-order valence-corrected chi connectivity index (χ1v) is 11.4. The highest BCUT2D eigenvalue weighted by Gasteiger charge is 2.26. The van der Waals surface area contributed by atoms with Crippen molar-refractivity contribution in [2.45, 2.75) is 46.6 Å². The number of aryl methyl sites for hydroxylation is 1. The Morgan fingerprint density at radius 2 is 1.91 bits per heavy atom. The van der Waals surface area contributed by atoms with Gasteiger partial charge in [0.1, 0.15) is 29.8 Å². The summed E-state index contributed by atoms with van der Waals surface area (Å²) in [5.41, 5.74) is 4.71. The van der Waals surface area contributed by atoms with E-state index in [0.717, 1.165) is 41.3 Å². The first-order valence-electron chi connectivity index (χ1n) is 11.4. The van der Waals surface area contributed by atoms with Crippen LogP contribution in [0.25, 0.3) is 17.1 Å². The van der Waals surface area contributed by atoms with Crippen LogP contribution in [0.3, 0.4) is 0 Å². The molecule has 8 nitrogen and oxygen atoms in total. The van der Waals surface area contributed by atoms with Crippen molar-refractivity contribution in [3.05, 3.63) is 65.0 Å². The second-order valence-electron chi connectivity index (χ2n) is 8.62. The maximum Gasteiger partial charge on any atom is 0.159 e. The number of nitriles is 1. The second-order valence-corrected chi connectivity index (χ2v) is 8.62. The van der Waals surface area contributed by atoms with Crippen LogP contribution in [0, 0.1) is 36.9 Å². The van der Waals surface area contributed by atoms with Crippen molar-refractivity contribution in [3.63, 3.8) is 0 Å². The third-order valence-electron chi connectivity index (χ3n) is 6.17. The molecular weight excluding hydrogens is 431 g/mol. The normalized spacial score (nSPS) is 13.1. The number of rotatable bonds is 7. The molecule has 1 aliphatic carbocycles. The molecule has 1 fully saturated rings. The first kappa shape index (κ1) is 21.8. The summed E-state index contributed by atoms with van der Waals surface area (Å²) in [6, 6.07) is 10.5. The lowest BCUT2D eigenvalue weighted by Gasteiger charge is -2.12. The van der Waals surface area contributed by atoms with E-state index in [1.165, 1.54) is 31.3 Å². The maximum atomic E-state index is 13.5.